The first-order valence-corrected chi connectivity index (χ1v) is 8.29. The maximum absolute atomic E-state index is 12.5. The third-order valence-corrected chi connectivity index (χ3v) is 3.67. The summed E-state index contributed by atoms with van der Waals surface area (Å²) >= 11 is 0. The Hall–Kier alpha value is -2.34. The van der Waals surface area contributed by atoms with Crippen LogP contribution in [0.1, 0.15) is 18.4 Å². The van der Waals surface area contributed by atoms with Crippen molar-refractivity contribution in [2.45, 2.75) is 12.8 Å². The second-order valence-electron chi connectivity index (χ2n) is 5.92. The summed E-state index contributed by atoms with van der Waals surface area (Å²) in [5, 5.41) is 0. The van der Waals surface area contributed by atoms with Gasteiger partial charge in [-0.2, -0.15) is 0 Å². The molecule has 6 nitrogen and oxygen atoms in total. The number of hydrogen-bond acceptors (Lipinski definition) is 5. The highest BCUT2D eigenvalue weighted by Gasteiger charge is 2.13. The summed E-state index contributed by atoms with van der Waals surface area (Å²) in [5.41, 5.74) is 0.883. The van der Waals surface area contributed by atoms with Crippen LogP contribution in [0.2, 0.25) is 0 Å². The monoisotopic (exact) mass is 348 g/mol. The Morgan fingerprint density at radius 1 is 1.12 bits per heavy atom. The molecule has 0 aliphatic carbocycles. The molecule has 0 fully saturated rings. The lowest BCUT2D eigenvalue weighted by Gasteiger charge is -2.21. The molecule has 0 unspecified atom stereocenters. The molecule has 0 atom stereocenters. The Bertz CT molecular complexity index is 585. The molecule has 6 heteroatoms. The van der Waals surface area contributed by atoms with Crippen LogP contribution in [-0.2, 0) is 14.3 Å². The molecule has 0 N–H and O–H groups in total. The molecule has 1 rings (SSSR count). The molecule has 25 heavy (non-hydrogen) atoms. The van der Waals surface area contributed by atoms with Crippen LogP contribution in [-0.4, -0.2) is 69.6 Å². The molecule has 138 valence electrons. The number of rotatable bonds is 10. The first kappa shape index (κ1) is 20.7. The predicted octanol–water partition coefficient (Wildman–Crippen LogP) is 2.05. The molecule has 0 aliphatic heterocycles. The quantitative estimate of drug-likeness (QED) is 0.478. The SMILES string of the molecule is COC(=O)CCN(CCCN(C)C)C(=O)/C=C/c1cccc(OC)c1. The minimum absolute atomic E-state index is 0.120. The van der Waals surface area contributed by atoms with E-state index in [-0.39, 0.29) is 18.3 Å². The lowest BCUT2D eigenvalue weighted by molar-refractivity contribution is -0.141. The van der Waals surface area contributed by atoms with E-state index in [2.05, 4.69) is 9.64 Å². The average Bonchev–Trinajstić information content (AvgIpc) is 2.62. The highest BCUT2D eigenvalue weighted by atomic mass is 16.5. The minimum atomic E-state index is -0.317. The van der Waals surface area contributed by atoms with Gasteiger partial charge in [0, 0.05) is 19.2 Å². The lowest BCUT2D eigenvalue weighted by Crippen LogP contribution is -2.34. The van der Waals surface area contributed by atoms with Crippen molar-refractivity contribution in [3.63, 3.8) is 0 Å². The Labute approximate surface area is 150 Å². The van der Waals surface area contributed by atoms with Gasteiger partial charge in [0.15, 0.2) is 0 Å². The molecule has 1 aromatic carbocycles. The molecule has 0 bridgehead atoms. The number of esters is 1. The fraction of sp³-hybridized carbons (Fsp3) is 0.474. The molecular formula is C19H28N2O4. The highest BCUT2D eigenvalue weighted by Crippen LogP contribution is 2.13. The molecule has 0 spiro atoms. The second-order valence-corrected chi connectivity index (χ2v) is 5.92. The number of benzene rings is 1. The van der Waals surface area contributed by atoms with Gasteiger partial charge in [-0.15, -0.1) is 0 Å². The average molecular weight is 348 g/mol. The van der Waals surface area contributed by atoms with Crippen molar-refractivity contribution >= 4 is 18.0 Å². The Balaban J connectivity index is 2.71. The zero-order valence-electron chi connectivity index (χ0n) is 15.5. The van der Waals surface area contributed by atoms with Crippen LogP contribution in [0.4, 0.5) is 0 Å². The van der Waals surface area contributed by atoms with Crippen LogP contribution < -0.4 is 4.74 Å². The standard InChI is InChI=1S/C19H28N2O4/c1-20(2)12-6-13-21(14-11-19(23)25-4)18(22)10-9-16-7-5-8-17(15-16)24-3/h5,7-10,15H,6,11-14H2,1-4H3/b10-9+. The van der Waals surface area contributed by atoms with E-state index in [0.29, 0.717) is 13.1 Å². The van der Waals surface area contributed by atoms with Gasteiger partial charge >= 0.3 is 5.97 Å². The topological polar surface area (TPSA) is 59.1 Å². The van der Waals surface area contributed by atoms with Crippen LogP contribution in [0.25, 0.3) is 6.08 Å². The van der Waals surface area contributed by atoms with Gasteiger partial charge in [-0.05, 0) is 50.8 Å². The van der Waals surface area contributed by atoms with Gasteiger partial charge in [-0.3, -0.25) is 9.59 Å². The van der Waals surface area contributed by atoms with Crippen LogP contribution in [0.5, 0.6) is 5.75 Å². The van der Waals surface area contributed by atoms with E-state index in [1.807, 2.05) is 38.4 Å². The van der Waals surface area contributed by atoms with Crippen LogP contribution in [0, 0.1) is 0 Å². The number of amides is 1. The summed E-state index contributed by atoms with van der Waals surface area (Å²) < 4.78 is 9.84. The molecule has 1 aromatic rings. The van der Waals surface area contributed by atoms with Crippen molar-refractivity contribution < 1.29 is 19.1 Å². The van der Waals surface area contributed by atoms with Gasteiger partial charge in [-0.25, -0.2) is 0 Å². The summed E-state index contributed by atoms with van der Waals surface area (Å²) in [4.78, 5) is 27.6. The van der Waals surface area contributed by atoms with Gasteiger partial charge in [0.2, 0.25) is 5.91 Å². The van der Waals surface area contributed by atoms with E-state index in [1.54, 1.807) is 18.1 Å². The molecule has 0 aromatic heterocycles. The van der Waals surface area contributed by atoms with Crippen LogP contribution >= 0.6 is 0 Å². The van der Waals surface area contributed by atoms with E-state index in [0.717, 1.165) is 24.3 Å². The lowest BCUT2D eigenvalue weighted by atomic mass is 10.2. The zero-order valence-corrected chi connectivity index (χ0v) is 15.5. The fourth-order valence-corrected chi connectivity index (χ4v) is 2.26. The smallest absolute Gasteiger partial charge is 0.307 e. The van der Waals surface area contributed by atoms with Crippen molar-refractivity contribution in [3.05, 3.63) is 35.9 Å². The number of carbonyl (C=O) groups is 2. The predicted molar refractivity (Wildman–Crippen MR) is 98.4 cm³/mol. The van der Waals surface area contributed by atoms with E-state index in [9.17, 15) is 9.59 Å². The van der Waals surface area contributed by atoms with Crippen molar-refractivity contribution in [3.8, 4) is 5.75 Å². The molecule has 0 heterocycles. The molecule has 0 radical (unpaired) electrons. The summed E-state index contributed by atoms with van der Waals surface area (Å²) in [6.45, 7) is 1.82. The van der Waals surface area contributed by atoms with Crippen molar-refractivity contribution in [2.75, 3.05) is 47.9 Å². The van der Waals surface area contributed by atoms with Crippen LogP contribution in [0.15, 0.2) is 30.3 Å². The molecular weight excluding hydrogens is 320 g/mol. The fourth-order valence-electron chi connectivity index (χ4n) is 2.26. The Morgan fingerprint density at radius 2 is 1.88 bits per heavy atom. The molecule has 1 amide bonds. The van der Waals surface area contributed by atoms with Gasteiger partial charge in [-0.1, -0.05) is 12.1 Å². The minimum Gasteiger partial charge on any atom is -0.497 e. The molecule has 0 saturated carbocycles. The number of hydrogen-bond donors (Lipinski definition) is 0. The van der Waals surface area contributed by atoms with Crippen molar-refractivity contribution in [1.29, 1.82) is 0 Å². The Morgan fingerprint density at radius 3 is 2.52 bits per heavy atom. The zero-order chi connectivity index (χ0) is 18.7. The van der Waals surface area contributed by atoms with Crippen molar-refractivity contribution in [2.24, 2.45) is 0 Å². The number of methoxy groups -OCH3 is 2. The Kier molecular flexibility index (Phi) is 9.32. The summed E-state index contributed by atoms with van der Waals surface area (Å²) in [6.07, 6.45) is 4.31. The second kappa shape index (κ2) is 11.3. The normalized spacial score (nSPS) is 10.9. The first-order chi connectivity index (χ1) is 12.0. The van der Waals surface area contributed by atoms with E-state index in [4.69, 9.17) is 4.74 Å². The summed E-state index contributed by atoms with van der Waals surface area (Å²) in [6, 6.07) is 7.48. The van der Waals surface area contributed by atoms with E-state index < -0.39 is 0 Å². The molecule has 0 aliphatic rings. The largest absolute Gasteiger partial charge is 0.497 e. The number of nitrogens with zero attached hydrogens (tertiary/aromatic N) is 2. The van der Waals surface area contributed by atoms with Crippen LogP contribution in [0.3, 0.4) is 0 Å². The van der Waals surface area contributed by atoms with Gasteiger partial charge in [0.05, 0.1) is 20.6 Å². The van der Waals surface area contributed by atoms with Gasteiger partial charge < -0.3 is 19.3 Å². The summed E-state index contributed by atoms with van der Waals surface area (Å²) in [7, 11) is 6.93. The van der Waals surface area contributed by atoms with Gasteiger partial charge in [0.1, 0.15) is 5.75 Å². The molecule has 0 saturated heterocycles. The van der Waals surface area contributed by atoms with Crippen molar-refractivity contribution in [1.82, 2.24) is 9.80 Å². The number of ether oxygens (including phenoxy) is 2. The highest BCUT2D eigenvalue weighted by molar-refractivity contribution is 5.92. The maximum atomic E-state index is 12.5. The third kappa shape index (κ3) is 8.35. The summed E-state index contributed by atoms with van der Waals surface area (Å²) in [5.74, 6) is 0.302. The maximum Gasteiger partial charge on any atom is 0.307 e. The first-order valence-electron chi connectivity index (χ1n) is 8.29. The third-order valence-electron chi connectivity index (χ3n) is 3.67. The van der Waals surface area contributed by atoms with E-state index >= 15 is 0 Å². The van der Waals surface area contributed by atoms with Gasteiger partial charge in [0.25, 0.3) is 0 Å². The van der Waals surface area contributed by atoms with E-state index in [1.165, 1.54) is 13.2 Å². The number of carbonyl (C=O) groups excluding carboxylic acids is 2.